The van der Waals surface area contributed by atoms with Crippen molar-refractivity contribution in [2.45, 2.75) is 6.61 Å². The van der Waals surface area contributed by atoms with Crippen LogP contribution in [0.2, 0.25) is 0 Å². The number of carbonyl (C=O) groups excluding carboxylic acids is 1. The number of halogens is 2. The van der Waals surface area contributed by atoms with Gasteiger partial charge in [-0.05, 0) is 36.4 Å². The zero-order valence-corrected chi connectivity index (χ0v) is 13.7. The fraction of sp³-hybridized carbons (Fsp3) is 0.0556. The summed E-state index contributed by atoms with van der Waals surface area (Å²) in [5.41, 5.74) is 2.89. The van der Waals surface area contributed by atoms with Gasteiger partial charge < -0.3 is 15.0 Å². The molecule has 0 radical (unpaired) electrons. The third kappa shape index (κ3) is 3.47. The largest absolute Gasteiger partial charge is 0.435 e. The second kappa shape index (κ2) is 6.87. The Morgan fingerprint density at radius 2 is 1.89 bits per heavy atom. The number of fused-ring (bicyclic) bond motifs is 1. The van der Waals surface area contributed by atoms with E-state index in [2.05, 4.69) is 30.2 Å². The number of amides is 1. The van der Waals surface area contributed by atoms with E-state index in [4.69, 9.17) is 0 Å². The summed E-state index contributed by atoms with van der Waals surface area (Å²) in [6, 6.07) is 12.9. The highest BCUT2D eigenvalue weighted by atomic mass is 19.3. The van der Waals surface area contributed by atoms with Gasteiger partial charge in [-0.1, -0.05) is 12.1 Å². The molecule has 0 saturated carbocycles. The van der Waals surface area contributed by atoms with E-state index in [1.54, 1.807) is 0 Å². The van der Waals surface area contributed by atoms with Crippen molar-refractivity contribution < 1.29 is 18.3 Å². The highest BCUT2D eigenvalue weighted by Crippen LogP contribution is 2.26. The lowest BCUT2D eigenvalue weighted by atomic mass is 10.2. The molecule has 27 heavy (non-hydrogen) atoms. The fourth-order valence-electron chi connectivity index (χ4n) is 2.61. The number of carbonyl (C=O) groups is 1. The van der Waals surface area contributed by atoms with Gasteiger partial charge in [0.15, 0.2) is 5.82 Å². The monoisotopic (exact) mass is 369 g/mol. The second-order valence-corrected chi connectivity index (χ2v) is 5.62. The van der Waals surface area contributed by atoms with Crippen LogP contribution in [0, 0.1) is 0 Å². The molecule has 0 saturated heterocycles. The number of benzene rings is 2. The number of nitrogens with zero attached hydrogens (tertiary/aromatic N) is 2. The smallest absolute Gasteiger partial charge is 0.387 e. The van der Waals surface area contributed by atoms with Gasteiger partial charge in [-0.3, -0.25) is 9.89 Å². The molecule has 0 atom stereocenters. The first kappa shape index (κ1) is 16.7. The first-order chi connectivity index (χ1) is 13.1. The lowest BCUT2D eigenvalue weighted by Gasteiger charge is -2.07. The number of anilines is 1. The Hall–Kier alpha value is -3.75. The normalized spacial score (nSPS) is 11.1. The van der Waals surface area contributed by atoms with Crippen molar-refractivity contribution in [1.82, 2.24) is 20.2 Å². The fourth-order valence-corrected chi connectivity index (χ4v) is 2.61. The Balaban J connectivity index is 1.55. The maximum absolute atomic E-state index is 12.4. The van der Waals surface area contributed by atoms with Crippen molar-refractivity contribution in [2.75, 3.05) is 5.32 Å². The minimum atomic E-state index is -2.91. The molecule has 2 heterocycles. The summed E-state index contributed by atoms with van der Waals surface area (Å²) in [5.74, 6) is 0.0925. The number of rotatable bonds is 5. The van der Waals surface area contributed by atoms with E-state index in [1.165, 1.54) is 30.5 Å². The molecule has 0 aliphatic carbocycles. The van der Waals surface area contributed by atoms with Gasteiger partial charge in [-0.25, -0.2) is 4.98 Å². The number of hydrogen-bond donors (Lipinski definition) is 3. The van der Waals surface area contributed by atoms with Gasteiger partial charge in [0.05, 0.1) is 22.9 Å². The third-order valence-electron chi connectivity index (χ3n) is 3.86. The number of ether oxygens (including phenoxy) is 1. The number of aromatic nitrogens is 4. The number of H-pyrrole nitrogens is 2. The minimum absolute atomic E-state index is 0.0205. The maximum atomic E-state index is 12.4. The van der Waals surface area contributed by atoms with E-state index in [-0.39, 0.29) is 11.3 Å². The minimum Gasteiger partial charge on any atom is -0.435 e. The Kier molecular flexibility index (Phi) is 4.25. The van der Waals surface area contributed by atoms with Crippen molar-refractivity contribution in [3.63, 3.8) is 0 Å². The Morgan fingerprint density at radius 1 is 1.11 bits per heavy atom. The predicted molar refractivity (Wildman–Crippen MR) is 94.7 cm³/mol. The molecular formula is C18H13F2N5O2. The van der Waals surface area contributed by atoms with E-state index in [9.17, 15) is 13.6 Å². The van der Waals surface area contributed by atoms with Crippen molar-refractivity contribution in [3.05, 3.63) is 60.3 Å². The molecule has 136 valence electrons. The molecule has 9 heteroatoms. The molecule has 4 aromatic rings. The van der Waals surface area contributed by atoms with Crippen LogP contribution in [0.25, 0.3) is 22.6 Å². The van der Waals surface area contributed by atoms with Gasteiger partial charge in [0, 0.05) is 5.56 Å². The summed E-state index contributed by atoms with van der Waals surface area (Å²) in [6.07, 6.45) is 1.47. The number of nitrogens with one attached hydrogen (secondary N) is 3. The van der Waals surface area contributed by atoms with Gasteiger partial charge in [0.25, 0.3) is 5.91 Å². The lowest BCUT2D eigenvalue weighted by Crippen LogP contribution is -2.12. The molecule has 0 aliphatic rings. The summed E-state index contributed by atoms with van der Waals surface area (Å²) < 4.78 is 28.7. The van der Waals surface area contributed by atoms with Crippen molar-refractivity contribution >= 4 is 22.6 Å². The van der Waals surface area contributed by atoms with Crippen LogP contribution in [0.4, 0.5) is 14.5 Å². The first-order valence-corrected chi connectivity index (χ1v) is 7.95. The predicted octanol–water partition coefficient (Wildman–Crippen LogP) is 3.81. The van der Waals surface area contributed by atoms with E-state index in [0.717, 1.165) is 11.0 Å². The molecule has 1 amide bonds. The summed E-state index contributed by atoms with van der Waals surface area (Å²) >= 11 is 0. The van der Waals surface area contributed by atoms with Gasteiger partial charge in [-0.2, -0.15) is 13.9 Å². The third-order valence-corrected chi connectivity index (χ3v) is 3.86. The van der Waals surface area contributed by atoms with Crippen LogP contribution in [0.1, 0.15) is 10.4 Å². The van der Waals surface area contributed by atoms with Gasteiger partial charge in [-0.15, -0.1) is 0 Å². The number of imidazole rings is 1. The van der Waals surface area contributed by atoms with Crippen LogP contribution in [-0.2, 0) is 0 Å². The van der Waals surface area contributed by atoms with Gasteiger partial charge in [0.1, 0.15) is 11.4 Å². The topological polar surface area (TPSA) is 95.7 Å². The molecule has 0 unspecified atom stereocenters. The zero-order chi connectivity index (χ0) is 18.8. The lowest BCUT2D eigenvalue weighted by molar-refractivity contribution is -0.0498. The molecule has 0 bridgehead atoms. The van der Waals surface area contributed by atoms with E-state index >= 15 is 0 Å². The molecule has 2 aromatic heterocycles. The van der Waals surface area contributed by atoms with E-state index in [0.29, 0.717) is 17.2 Å². The van der Waals surface area contributed by atoms with E-state index in [1.807, 2.05) is 24.3 Å². The molecule has 0 fully saturated rings. The molecule has 0 spiro atoms. The Bertz CT molecular complexity index is 1060. The summed E-state index contributed by atoms with van der Waals surface area (Å²) in [4.78, 5) is 20.1. The number of aromatic amines is 2. The van der Waals surface area contributed by atoms with Gasteiger partial charge >= 0.3 is 6.61 Å². The Labute approximate surface area is 151 Å². The zero-order valence-electron chi connectivity index (χ0n) is 13.7. The maximum Gasteiger partial charge on any atom is 0.387 e. The average Bonchev–Trinajstić information content (AvgIpc) is 3.27. The van der Waals surface area contributed by atoms with Crippen LogP contribution < -0.4 is 10.1 Å². The van der Waals surface area contributed by atoms with Crippen LogP contribution in [0.3, 0.4) is 0 Å². The average molecular weight is 369 g/mol. The molecule has 4 rings (SSSR count). The molecule has 0 aliphatic heterocycles. The van der Waals surface area contributed by atoms with Crippen LogP contribution in [-0.4, -0.2) is 32.7 Å². The molecule has 7 nitrogen and oxygen atoms in total. The van der Waals surface area contributed by atoms with Crippen molar-refractivity contribution in [3.8, 4) is 17.3 Å². The standard InChI is InChI=1S/C18H13F2N5O2/c19-18(20)27-11-7-5-10(6-8-11)17(26)24-14-9-21-25-15(14)16-22-12-3-1-2-4-13(12)23-16/h1-9,18H,(H,21,25)(H,22,23)(H,24,26). The summed E-state index contributed by atoms with van der Waals surface area (Å²) in [5, 5.41) is 9.50. The first-order valence-electron chi connectivity index (χ1n) is 7.95. The van der Waals surface area contributed by atoms with E-state index < -0.39 is 12.5 Å². The molecule has 2 aromatic carbocycles. The summed E-state index contributed by atoms with van der Waals surface area (Å²) in [7, 11) is 0. The van der Waals surface area contributed by atoms with Crippen LogP contribution in [0.15, 0.2) is 54.7 Å². The quantitative estimate of drug-likeness (QED) is 0.498. The summed E-state index contributed by atoms with van der Waals surface area (Å²) in [6.45, 7) is -2.91. The SMILES string of the molecule is O=C(Nc1cn[nH]c1-c1nc2ccccc2[nH]1)c1ccc(OC(F)F)cc1. The number of para-hydroxylation sites is 2. The number of alkyl halides is 2. The van der Waals surface area contributed by atoms with Crippen LogP contribution in [0.5, 0.6) is 5.75 Å². The molecular weight excluding hydrogens is 356 g/mol. The highest BCUT2D eigenvalue weighted by molar-refractivity contribution is 6.05. The second-order valence-electron chi connectivity index (χ2n) is 5.62. The highest BCUT2D eigenvalue weighted by Gasteiger charge is 2.15. The van der Waals surface area contributed by atoms with Gasteiger partial charge in [0.2, 0.25) is 0 Å². The van der Waals surface area contributed by atoms with Crippen molar-refractivity contribution in [1.29, 1.82) is 0 Å². The number of hydrogen-bond acceptors (Lipinski definition) is 4. The Morgan fingerprint density at radius 3 is 2.63 bits per heavy atom. The van der Waals surface area contributed by atoms with Crippen molar-refractivity contribution in [2.24, 2.45) is 0 Å². The van der Waals surface area contributed by atoms with Crippen LogP contribution >= 0.6 is 0 Å². The molecule has 3 N–H and O–H groups in total.